The molecule has 12 aromatic rings. The summed E-state index contributed by atoms with van der Waals surface area (Å²) in [5.41, 5.74) is 14.5. The van der Waals surface area contributed by atoms with Gasteiger partial charge in [-0.3, -0.25) is 43.7 Å². The van der Waals surface area contributed by atoms with Gasteiger partial charge in [-0.25, -0.2) is 4.79 Å². The van der Waals surface area contributed by atoms with Crippen molar-refractivity contribution in [2.24, 2.45) is 0 Å². The number of carboxylic acid groups (broad SMARTS) is 1. The summed E-state index contributed by atoms with van der Waals surface area (Å²) in [6.45, 7) is 5.80. The van der Waals surface area contributed by atoms with Crippen LogP contribution in [0.1, 0.15) is 73.1 Å². The van der Waals surface area contributed by atoms with Crippen LogP contribution in [-0.4, -0.2) is 101 Å². The molecule has 0 unspecified atom stereocenters. The predicted octanol–water partition coefficient (Wildman–Crippen LogP) is 11.8. The molecule has 6 amide bonds. The summed E-state index contributed by atoms with van der Waals surface area (Å²) in [6, 6.07) is 54.0. The zero-order valence-electron chi connectivity index (χ0n) is 55.1. The standard InChI is InChI=1S/C76H70N12O6.C2HF3O2/c1-46-61(58-10-4-7-13-64(58)80-46)43-70(89)86-67(40-49-28-34-77-35-29-49)74(92)83-55-22-16-52(17-23-55)73(53-18-24-56(25-19-53)84-75(93)68(41-50-30-36-78-37-31-50)87-71(90)44-62-47(2)81-65-14-8-5-11-59(62)65)54-20-26-57(27-21-54)85-76(94)69(42-51-32-38-79-39-33-51)88-72(91)45-63-48(3)82-66-15-9-6-12-60(63)66;3-2(4,5)1(6)7/h4-39,67-69,73,80-82H,40-45H2,1-3H3,(H,83,92)(H,84,93)(H,85,94)(H,86,89)(H,87,90)(H,88,91);(H,6,7)/t67-,68-,69-;/m1./s1. The van der Waals surface area contributed by atoms with Crippen molar-refractivity contribution >= 4 is 91.2 Å². The van der Waals surface area contributed by atoms with Gasteiger partial charge in [0.1, 0.15) is 18.1 Å². The van der Waals surface area contributed by atoms with Gasteiger partial charge in [0, 0.05) is 129 Å². The number of amides is 6. The zero-order valence-corrected chi connectivity index (χ0v) is 55.1. The molecular weight excluding hydrogens is 1290 g/mol. The Morgan fingerprint density at radius 3 is 0.881 bits per heavy atom. The second kappa shape index (κ2) is 31.8. The van der Waals surface area contributed by atoms with E-state index in [1.165, 1.54) is 0 Å². The fourth-order valence-corrected chi connectivity index (χ4v) is 12.3. The number of carboxylic acids is 1. The van der Waals surface area contributed by atoms with Gasteiger partial charge >= 0.3 is 12.1 Å². The lowest BCUT2D eigenvalue weighted by Crippen LogP contribution is -2.45. The van der Waals surface area contributed by atoms with Crippen molar-refractivity contribution in [1.29, 1.82) is 0 Å². The van der Waals surface area contributed by atoms with Crippen LogP contribution in [0.5, 0.6) is 0 Å². The highest BCUT2D eigenvalue weighted by atomic mass is 19.4. The minimum Gasteiger partial charge on any atom is -0.475 e. The van der Waals surface area contributed by atoms with Gasteiger partial charge in [0.15, 0.2) is 0 Å². The average Bonchev–Trinajstić information content (AvgIpc) is 1.73. The highest BCUT2D eigenvalue weighted by Gasteiger charge is 2.38. The Morgan fingerprint density at radius 2 is 0.634 bits per heavy atom. The number of fused-ring (bicyclic) bond motifs is 3. The van der Waals surface area contributed by atoms with Crippen LogP contribution < -0.4 is 31.9 Å². The Labute approximate surface area is 578 Å². The van der Waals surface area contributed by atoms with Gasteiger partial charge < -0.3 is 52.0 Å². The van der Waals surface area contributed by atoms with Crippen molar-refractivity contribution in [3.05, 3.63) is 286 Å². The molecule has 0 bridgehead atoms. The molecule has 0 radical (unpaired) electrons. The number of aryl methyl sites for hydroxylation is 3. The molecule has 12 rings (SSSR count). The summed E-state index contributed by atoms with van der Waals surface area (Å²) in [5.74, 6) is -5.30. The van der Waals surface area contributed by atoms with Crippen LogP contribution >= 0.6 is 0 Å². The monoisotopic (exact) mass is 1360 g/mol. The average molecular weight is 1360 g/mol. The Hall–Kier alpha value is -12.5. The number of para-hydroxylation sites is 3. The smallest absolute Gasteiger partial charge is 0.475 e. The molecular formula is C78H71F3N12O8. The number of carbonyl (C=O) groups excluding carboxylic acids is 6. The molecule has 23 heteroatoms. The van der Waals surface area contributed by atoms with Crippen LogP contribution in [0.4, 0.5) is 30.2 Å². The van der Waals surface area contributed by atoms with E-state index < -0.39 is 53.9 Å². The first-order valence-electron chi connectivity index (χ1n) is 32.5. The molecule has 0 aliphatic carbocycles. The third-order valence-corrected chi connectivity index (χ3v) is 17.4. The van der Waals surface area contributed by atoms with Gasteiger partial charge in [-0.1, -0.05) is 91.0 Å². The normalized spacial score (nSPS) is 12.2. The number of nitrogens with one attached hydrogen (secondary N) is 9. The molecule has 0 saturated carbocycles. The van der Waals surface area contributed by atoms with Crippen molar-refractivity contribution in [3.63, 3.8) is 0 Å². The van der Waals surface area contributed by atoms with Crippen molar-refractivity contribution < 1.29 is 51.8 Å². The number of carbonyl (C=O) groups is 7. The number of aromatic nitrogens is 6. The molecule has 0 saturated heterocycles. The number of nitrogens with zero attached hydrogens (tertiary/aromatic N) is 3. The van der Waals surface area contributed by atoms with Crippen molar-refractivity contribution in [1.82, 2.24) is 45.9 Å². The predicted molar refractivity (Wildman–Crippen MR) is 380 cm³/mol. The number of benzene rings is 6. The number of anilines is 3. The number of hydrogen-bond acceptors (Lipinski definition) is 10. The Kier molecular flexibility index (Phi) is 22.0. The highest BCUT2D eigenvalue weighted by molar-refractivity contribution is 6.01. The van der Waals surface area contributed by atoms with E-state index in [1.54, 1.807) is 37.2 Å². The first-order valence-corrected chi connectivity index (χ1v) is 32.5. The molecule has 6 heterocycles. The second-order valence-corrected chi connectivity index (χ2v) is 24.5. The van der Waals surface area contributed by atoms with Crippen molar-refractivity contribution in [2.75, 3.05) is 16.0 Å². The molecule has 0 fully saturated rings. The molecule has 0 aliphatic rings. The number of alkyl halides is 3. The third-order valence-electron chi connectivity index (χ3n) is 17.4. The van der Waals surface area contributed by atoms with Crippen molar-refractivity contribution in [3.8, 4) is 0 Å². The van der Waals surface area contributed by atoms with Crippen LogP contribution in [0.3, 0.4) is 0 Å². The zero-order chi connectivity index (χ0) is 71.2. The van der Waals surface area contributed by atoms with Gasteiger partial charge in [0.05, 0.1) is 19.3 Å². The number of H-pyrrole nitrogens is 3. The maximum Gasteiger partial charge on any atom is 0.490 e. The highest BCUT2D eigenvalue weighted by Crippen LogP contribution is 2.35. The minimum atomic E-state index is -5.08. The lowest BCUT2D eigenvalue weighted by Gasteiger charge is -2.22. The second-order valence-electron chi connectivity index (χ2n) is 24.5. The number of halogens is 3. The minimum absolute atomic E-state index is 0.0721. The van der Waals surface area contributed by atoms with Crippen LogP contribution in [-0.2, 0) is 72.1 Å². The maximum atomic E-state index is 14.4. The van der Waals surface area contributed by atoms with E-state index in [4.69, 9.17) is 9.90 Å². The SMILES string of the molecule is Cc1[nH]c2ccccc2c1CC(=O)N[C@H](Cc1ccncc1)C(=O)Nc1ccc(C(c2ccc(NC(=O)[C@@H](Cc3ccncc3)NC(=O)Cc3c(C)[nH]c4ccccc34)cc2)c2ccc(NC(=O)[C@@H](Cc3ccncc3)NC(=O)Cc3c(C)[nH]c4ccccc34)cc2)cc1.O=C(O)C(F)(F)F. The molecule has 512 valence electrons. The molecule has 6 aromatic heterocycles. The molecule has 101 heavy (non-hydrogen) atoms. The van der Waals surface area contributed by atoms with Crippen LogP contribution in [0.15, 0.2) is 219 Å². The van der Waals surface area contributed by atoms with Gasteiger partial charge in [-0.15, -0.1) is 0 Å². The lowest BCUT2D eigenvalue weighted by molar-refractivity contribution is -0.192. The van der Waals surface area contributed by atoms with Gasteiger partial charge in [0.2, 0.25) is 35.4 Å². The Morgan fingerprint density at radius 1 is 0.386 bits per heavy atom. The maximum absolute atomic E-state index is 14.4. The number of aromatic amines is 3. The quantitative estimate of drug-likeness (QED) is 0.0254. The van der Waals surface area contributed by atoms with Gasteiger partial charge in [-0.05, 0) is 162 Å². The summed E-state index contributed by atoms with van der Waals surface area (Å²) in [6.07, 6.45) is 5.70. The first-order chi connectivity index (χ1) is 48.7. The van der Waals surface area contributed by atoms with E-state index in [-0.39, 0.29) is 56.2 Å². The van der Waals surface area contributed by atoms with Gasteiger partial charge in [0.25, 0.3) is 0 Å². The van der Waals surface area contributed by atoms with Crippen LogP contribution in [0.2, 0.25) is 0 Å². The fraction of sp³-hybridized carbons (Fsp3) is 0.179. The Balaban J connectivity index is 0.00000139. The summed E-state index contributed by atoms with van der Waals surface area (Å²) in [4.78, 5) is 116. The van der Waals surface area contributed by atoms with E-state index in [1.807, 2.05) is 203 Å². The van der Waals surface area contributed by atoms with E-state index in [9.17, 15) is 41.9 Å². The molecule has 6 aromatic carbocycles. The van der Waals surface area contributed by atoms with Crippen LogP contribution in [0.25, 0.3) is 32.7 Å². The number of hydrogen-bond donors (Lipinski definition) is 10. The first kappa shape index (κ1) is 69.8. The third kappa shape index (κ3) is 18.0. The molecule has 10 N–H and O–H groups in total. The van der Waals surface area contributed by atoms with E-state index >= 15 is 0 Å². The molecule has 0 spiro atoms. The summed E-state index contributed by atoms with van der Waals surface area (Å²) < 4.78 is 31.7. The fourth-order valence-electron chi connectivity index (χ4n) is 12.3. The number of pyridine rings is 3. The molecule has 0 aliphatic heterocycles. The van der Waals surface area contributed by atoms with E-state index in [2.05, 4.69) is 61.8 Å². The van der Waals surface area contributed by atoms with E-state index in [0.29, 0.717) is 17.1 Å². The number of rotatable bonds is 24. The summed E-state index contributed by atoms with van der Waals surface area (Å²) >= 11 is 0. The lowest BCUT2D eigenvalue weighted by atomic mass is 9.85. The van der Waals surface area contributed by atoms with Crippen LogP contribution in [0, 0.1) is 20.8 Å². The summed E-state index contributed by atoms with van der Waals surface area (Å²) in [7, 11) is 0. The van der Waals surface area contributed by atoms with E-state index in [0.717, 1.165) is 99.9 Å². The number of aliphatic carboxylic acids is 1. The molecule has 20 nitrogen and oxygen atoms in total. The summed E-state index contributed by atoms with van der Waals surface area (Å²) in [5, 5.41) is 28.2. The topological polar surface area (TPSA) is 298 Å². The largest absolute Gasteiger partial charge is 0.490 e. The van der Waals surface area contributed by atoms with Gasteiger partial charge in [-0.2, -0.15) is 13.2 Å². The van der Waals surface area contributed by atoms with Crippen molar-refractivity contribution in [2.45, 2.75) is 89.5 Å². The Bertz CT molecular complexity index is 4460. The molecule has 3 atom stereocenters.